The third kappa shape index (κ3) is 1.58. The van der Waals surface area contributed by atoms with Crippen LogP contribution in [-0.4, -0.2) is 15.8 Å². The topological polar surface area (TPSA) is 75.7 Å². The molecular formula is C14H12N2O3. The van der Waals surface area contributed by atoms with Gasteiger partial charge in [0, 0.05) is 11.6 Å². The zero-order valence-electron chi connectivity index (χ0n) is 10.4. The molecule has 0 fully saturated rings. The third-order valence-electron chi connectivity index (χ3n) is 3.71. The van der Waals surface area contributed by atoms with Crippen molar-refractivity contribution in [1.29, 1.82) is 0 Å². The van der Waals surface area contributed by atoms with Gasteiger partial charge in [-0.3, -0.25) is 10.1 Å². The highest BCUT2D eigenvalue weighted by molar-refractivity contribution is 6.14. The zero-order chi connectivity index (χ0) is 13.6. The number of benzene rings is 2. The highest BCUT2D eigenvalue weighted by atomic mass is 16.6. The smallest absolute Gasteiger partial charge is 0.277 e. The predicted octanol–water partition coefficient (Wildman–Crippen LogP) is 3.04. The van der Waals surface area contributed by atoms with E-state index in [1.54, 1.807) is 19.1 Å². The van der Waals surface area contributed by atoms with Crippen LogP contribution in [0.3, 0.4) is 0 Å². The fourth-order valence-corrected chi connectivity index (χ4v) is 2.82. The molecular weight excluding hydrogens is 244 g/mol. The summed E-state index contributed by atoms with van der Waals surface area (Å²) in [5.74, 6) is 0. The zero-order valence-corrected chi connectivity index (χ0v) is 10.4. The summed E-state index contributed by atoms with van der Waals surface area (Å²) in [5, 5.41) is 24.9. The first-order chi connectivity index (χ1) is 9.13. The van der Waals surface area contributed by atoms with E-state index in [-0.39, 0.29) is 10.6 Å². The molecule has 0 heterocycles. The predicted molar refractivity (Wildman–Crippen MR) is 72.0 cm³/mol. The molecule has 0 unspecified atom stereocenters. The van der Waals surface area contributed by atoms with E-state index in [0.29, 0.717) is 16.7 Å². The van der Waals surface area contributed by atoms with Gasteiger partial charge in [-0.05, 0) is 36.3 Å². The maximum atomic E-state index is 11.2. The second-order valence-electron chi connectivity index (χ2n) is 4.71. The Kier molecular flexibility index (Phi) is 2.48. The van der Waals surface area contributed by atoms with Gasteiger partial charge < -0.3 is 5.21 Å². The van der Waals surface area contributed by atoms with Gasteiger partial charge in [-0.1, -0.05) is 23.4 Å². The van der Waals surface area contributed by atoms with Crippen LogP contribution in [0.5, 0.6) is 0 Å². The minimum Gasteiger partial charge on any atom is -0.411 e. The van der Waals surface area contributed by atoms with Crippen LogP contribution < -0.4 is 0 Å². The van der Waals surface area contributed by atoms with Gasteiger partial charge in [0.1, 0.15) is 0 Å². The molecule has 0 atom stereocenters. The third-order valence-corrected chi connectivity index (χ3v) is 3.71. The number of nitro benzene ring substituents is 1. The number of non-ortho nitro benzene ring substituents is 1. The van der Waals surface area contributed by atoms with E-state index >= 15 is 0 Å². The summed E-state index contributed by atoms with van der Waals surface area (Å²) in [4.78, 5) is 10.8. The van der Waals surface area contributed by atoms with Crippen LogP contribution in [0.4, 0.5) is 5.69 Å². The molecule has 2 aromatic carbocycles. The van der Waals surface area contributed by atoms with Crippen molar-refractivity contribution < 1.29 is 10.1 Å². The van der Waals surface area contributed by atoms with Gasteiger partial charge in [0.15, 0.2) is 0 Å². The second kappa shape index (κ2) is 4.05. The summed E-state index contributed by atoms with van der Waals surface area (Å²) in [6.45, 7) is 1.64. The maximum absolute atomic E-state index is 11.2. The number of oxime groups is 1. The first-order valence-corrected chi connectivity index (χ1v) is 6.04. The molecule has 0 bridgehead atoms. The monoisotopic (exact) mass is 256 g/mol. The van der Waals surface area contributed by atoms with E-state index in [4.69, 9.17) is 5.21 Å². The van der Waals surface area contributed by atoms with Crippen molar-refractivity contribution in [2.24, 2.45) is 5.16 Å². The molecule has 3 rings (SSSR count). The fourth-order valence-electron chi connectivity index (χ4n) is 2.82. The molecule has 1 N–H and O–H groups in total. The van der Waals surface area contributed by atoms with Gasteiger partial charge in [0.05, 0.1) is 16.0 Å². The molecule has 0 radical (unpaired) electrons. The van der Waals surface area contributed by atoms with Crippen LogP contribution in [0, 0.1) is 10.1 Å². The molecule has 0 saturated heterocycles. The second-order valence-corrected chi connectivity index (χ2v) is 4.71. The van der Waals surface area contributed by atoms with Gasteiger partial charge in [-0.25, -0.2) is 0 Å². The Hall–Kier alpha value is -2.43. The van der Waals surface area contributed by atoms with Crippen molar-refractivity contribution in [3.05, 3.63) is 51.1 Å². The van der Waals surface area contributed by atoms with Crippen molar-refractivity contribution in [3.8, 4) is 0 Å². The SMILES string of the molecule is C/C(=N/O)c1ccc2c3c(ccc([N+](=O)[O-])c13)CC2. The summed E-state index contributed by atoms with van der Waals surface area (Å²) >= 11 is 0. The number of hydrogen-bond donors (Lipinski definition) is 1. The summed E-state index contributed by atoms with van der Waals surface area (Å²) in [6, 6.07) is 7.13. The van der Waals surface area contributed by atoms with Crippen LogP contribution in [-0.2, 0) is 12.8 Å². The fraction of sp³-hybridized carbons (Fsp3) is 0.214. The van der Waals surface area contributed by atoms with Gasteiger partial charge in [-0.2, -0.15) is 0 Å². The molecule has 2 aromatic rings. The molecule has 5 heteroatoms. The van der Waals surface area contributed by atoms with E-state index in [0.717, 1.165) is 29.4 Å². The van der Waals surface area contributed by atoms with Gasteiger partial charge in [0.25, 0.3) is 5.69 Å². The highest BCUT2D eigenvalue weighted by Crippen LogP contribution is 2.38. The minimum atomic E-state index is -0.380. The molecule has 5 nitrogen and oxygen atoms in total. The number of hydrogen-bond acceptors (Lipinski definition) is 4. The molecule has 0 spiro atoms. The average Bonchev–Trinajstić information content (AvgIpc) is 2.83. The first kappa shape index (κ1) is 11.6. The largest absolute Gasteiger partial charge is 0.411 e. The van der Waals surface area contributed by atoms with E-state index in [9.17, 15) is 10.1 Å². The minimum absolute atomic E-state index is 0.0699. The lowest BCUT2D eigenvalue weighted by Gasteiger charge is -2.08. The van der Waals surface area contributed by atoms with Crippen LogP contribution in [0.2, 0.25) is 0 Å². The summed E-state index contributed by atoms with van der Waals surface area (Å²) in [7, 11) is 0. The Morgan fingerprint density at radius 3 is 2.42 bits per heavy atom. The molecule has 19 heavy (non-hydrogen) atoms. The number of rotatable bonds is 2. The van der Waals surface area contributed by atoms with E-state index in [2.05, 4.69) is 5.16 Å². The Balaban J connectivity index is 2.50. The van der Waals surface area contributed by atoms with Gasteiger partial charge in [-0.15, -0.1) is 0 Å². The van der Waals surface area contributed by atoms with Gasteiger partial charge in [0.2, 0.25) is 0 Å². The normalized spacial score (nSPS) is 14.1. The lowest BCUT2D eigenvalue weighted by molar-refractivity contribution is -0.383. The number of nitro groups is 1. The first-order valence-electron chi connectivity index (χ1n) is 6.04. The molecule has 1 aliphatic rings. The number of nitrogens with zero attached hydrogens (tertiary/aromatic N) is 2. The molecule has 0 aliphatic heterocycles. The summed E-state index contributed by atoms with van der Waals surface area (Å²) in [6.07, 6.45) is 1.81. The standard InChI is InChI=1S/C14H12N2O3/c1-8(15-17)11-6-4-9-2-3-10-5-7-12(16(18)19)14(11)13(9)10/h4-7,17H,2-3H2,1H3/b15-8-. The lowest BCUT2D eigenvalue weighted by Crippen LogP contribution is -2.00. The maximum Gasteiger partial charge on any atom is 0.277 e. The van der Waals surface area contributed by atoms with Crippen molar-refractivity contribution in [3.63, 3.8) is 0 Å². The average molecular weight is 256 g/mol. The van der Waals surface area contributed by atoms with Crippen LogP contribution in [0.15, 0.2) is 29.4 Å². The Labute approximate surface area is 109 Å². The molecule has 0 saturated carbocycles. The highest BCUT2D eigenvalue weighted by Gasteiger charge is 2.24. The Morgan fingerprint density at radius 1 is 1.21 bits per heavy atom. The van der Waals surface area contributed by atoms with Crippen LogP contribution in [0.1, 0.15) is 23.6 Å². The van der Waals surface area contributed by atoms with E-state index < -0.39 is 0 Å². The molecule has 0 aromatic heterocycles. The van der Waals surface area contributed by atoms with E-state index in [1.165, 1.54) is 0 Å². The van der Waals surface area contributed by atoms with Crippen LogP contribution in [0.25, 0.3) is 10.8 Å². The van der Waals surface area contributed by atoms with Crippen molar-refractivity contribution in [1.82, 2.24) is 0 Å². The van der Waals surface area contributed by atoms with Crippen molar-refractivity contribution in [2.45, 2.75) is 19.8 Å². The molecule has 1 aliphatic carbocycles. The Bertz CT molecular complexity index is 725. The number of aryl methyl sites for hydroxylation is 2. The molecule has 96 valence electrons. The van der Waals surface area contributed by atoms with Crippen LogP contribution >= 0.6 is 0 Å². The molecule has 0 amide bonds. The van der Waals surface area contributed by atoms with E-state index in [1.807, 2.05) is 12.1 Å². The van der Waals surface area contributed by atoms with Gasteiger partial charge >= 0.3 is 0 Å². The lowest BCUT2D eigenvalue weighted by atomic mass is 9.96. The van der Waals surface area contributed by atoms with Crippen molar-refractivity contribution in [2.75, 3.05) is 0 Å². The summed E-state index contributed by atoms with van der Waals surface area (Å²) in [5.41, 5.74) is 3.34. The van der Waals surface area contributed by atoms with Crippen molar-refractivity contribution >= 4 is 22.2 Å². The summed E-state index contributed by atoms with van der Waals surface area (Å²) < 4.78 is 0. The Morgan fingerprint density at radius 2 is 1.84 bits per heavy atom. The quantitative estimate of drug-likeness (QED) is 0.388.